The lowest BCUT2D eigenvalue weighted by molar-refractivity contribution is 0.393. The van der Waals surface area contributed by atoms with Crippen molar-refractivity contribution in [2.45, 2.75) is 24.8 Å². The molecule has 2 heterocycles. The van der Waals surface area contributed by atoms with Gasteiger partial charge in [0.1, 0.15) is 11.0 Å². The Balaban J connectivity index is 2.06. The lowest BCUT2D eigenvalue weighted by Gasteiger charge is -2.32. The van der Waals surface area contributed by atoms with Crippen molar-refractivity contribution in [3.8, 4) is 0 Å². The number of halogens is 3. The van der Waals surface area contributed by atoms with Gasteiger partial charge in [0.05, 0.1) is 15.6 Å². The zero-order valence-corrected chi connectivity index (χ0v) is 14.1. The average molecular weight is 355 g/mol. The molecule has 0 unspecified atom stereocenters. The van der Waals surface area contributed by atoms with E-state index in [1.165, 1.54) is 6.07 Å². The molecule has 2 nitrogen and oxygen atoms in total. The number of nitrogens with zero attached hydrogens (tertiary/aromatic N) is 1. The summed E-state index contributed by atoms with van der Waals surface area (Å²) in [5.41, 5.74) is 1.35. The van der Waals surface area contributed by atoms with E-state index in [1.807, 2.05) is 19.1 Å². The van der Waals surface area contributed by atoms with Crippen LogP contribution in [0.25, 0.3) is 0 Å². The molecule has 114 valence electrons. The van der Waals surface area contributed by atoms with Gasteiger partial charge in [-0.05, 0) is 36.2 Å². The van der Waals surface area contributed by atoms with Crippen molar-refractivity contribution < 1.29 is 4.39 Å². The molecule has 0 amide bonds. The first-order valence-corrected chi connectivity index (χ1v) is 7.94. The standard InChI is InChI=1S/C16H13Cl2FN2S/c1-16(10-3-5-14(18)20-8-10)11(7-15(22)21-16)9-2-4-12(17)13(19)6-9/h2-6,8,11H,7H2,1H3,(H,21,22)/t11-,16+/m1/s1. The molecule has 1 saturated heterocycles. The summed E-state index contributed by atoms with van der Waals surface area (Å²) < 4.78 is 13.8. The Kier molecular flexibility index (Phi) is 4.10. The molecular weight excluding hydrogens is 342 g/mol. The van der Waals surface area contributed by atoms with Crippen molar-refractivity contribution in [1.82, 2.24) is 10.3 Å². The molecule has 1 fully saturated rings. The third-order valence-electron chi connectivity index (χ3n) is 4.16. The summed E-state index contributed by atoms with van der Waals surface area (Å²) in [5, 5.41) is 3.89. The van der Waals surface area contributed by atoms with Crippen molar-refractivity contribution in [3.05, 3.63) is 63.6 Å². The van der Waals surface area contributed by atoms with E-state index in [9.17, 15) is 4.39 Å². The normalized spacial score (nSPS) is 24.4. The Morgan fingerprint density at radius 2 is 2.09 bits per heavy atom. The lowest BCUT2D eigenvalue weighted by atomic mass is 9.78. The monoisotopic (exact) mass is 354 g/mol. The summed E-state index contributed by atoms with van der Waals surface area (Å²) >= 11 is 17.0. The maximum absolute atomic E-state index is 13.8. The molecule has 22 heavy (non-hydrogen) atoms. The van der Waals surface area contributed by atoms with E-state index in [0.29, 0.717) is 11.6 Å². The molecule has 6 heteroatoms. The molecule has 2 aromatic rings. The van der Waals surface area contributed by atoms with Crippen LogP contribution in [0.2, 0.25) is 10.2 Å². The van der Waals surface area contributed by atoms with Crippen LogP contribution in [0.5, 0.6) is 0 Å². The van der Waals surface area contributed by atoms with E-state index in [4.69, 9.17) is 35.4 Å². The summed E-state index contributed by atoms with van der Waals surface area (Å²) in [6, 6.07) is 8.55. The van der Waals surface area contributed by atoms with Gasteiger partial charge in [-0.25, -0.2) is 9.37 Å². The summed E-state index contributed by atoms with van der Waals surface area (Å²) in [6.07, 6.45) is 2.37. The first-order valence-electron chi connectivity index (χ1n) is 6.78. The fourth-order valence-electron chi connectivity index (χ4n) is 2.95. The number of pyridine rings is 1. The first kappa shape index (κ1) is 15.7. The van der Waals surface area contributed by atoms with Crippen LogP contribution in [-0.2, 0) is 5.54 Å². The van der Waals surface area contributed by atoms with Crippen LogP contribution in [0.4, 0.5) is 4.39 Å². The van der Waals surface area contributed by atoms with Crippen molar-refractivity contribution in [2.24, 2.45) is 0 Å². The molecular formula is C16H13Cl2FN2S. The molecule has 0 radical (unpaired) electrons. The van der Waals surface area contributed by atoms with E-state index in [2.05, 4.69) is 10.3 Å². The lowest BCUT2D eigenvalue weighted by Crippen LogP contribution is -2.38. The number of aromatic nitrogens is 1. The number of rotatable bonds is 2. The van der Waals surface area contributed by atoms with Crippen molar-refractivity contribution in [2.75, 3.05) is 0 Å². The average Bonchev–Trinajstić information content (AvgIpc) is 2.79. The quantitative estimate of drug-likeness (QED) is 0.616. The third-order valence-corrected chi connectivity index (χ3v) is 4.96. The van der Waals surface area contributed by atoms with Gasteiger partial charge in [-0.3, -0.25) is 0 Å². The summed E-state index contributed by atoms with van der Waals surface area (Å²) in [4.78, 5) is 4.89. The van der Waals surface area contributed by atoms with Gasteiger partial charge < -0.3 is 5.32 Å². The van der Waals surface area contributed by atoms with E-state index < -0.39 is 11.4 Å². The van der Waals surface area contributed by atoms with E-state index in [1.54, 1.807) is 18.3 Å². The smallest absolute Gasteiger partial charge is 0.142 e. The number of benzene rings is 1. The van der Waals surface area contributed by atoms with Gasteiger partial charge in [0.25, 0.3) is 0 Å². The molecule has 2 atom stereocenters. The molecule has 0 aliphatic carbocycles. The van der Waals surface area contributed by atoms with Crippen LogP contribution in [-0.4, -0.2) is 9.97 Å². The molecule has 0 spiro atoms. The zero-order chi connectivity index (χ0) is 15.9. The summed E-state index contributed by atoms with van der Waals surface area (Å²) in [5.74, 6) is -0.427. The zero-order valence-electron chi connectivity index (χ0n) is 11.7. The fraction of sp³-hybridized carbons (Fsp3) is 0.250. The van der Waals surface area contributed by atoms with E-state index in [0.717, 1.165) is 16.1 Å². The van der Waals surface area contributed by atoms with Gasteiger partial charge in [-0.2, -0.15) is 0 Å². The molecule has 1 aliphatic heterocycles. The number of hydrogen-bond acceptors (Lipinski definition) is 2. The molecule has 1 aliphatic rings. The van der Waals surface area contributed by atoms with Crippen molar-refractivity contribution in [1.29, 1.82) is 0 Å². The molecule has 3 rings (SSSR count). The second-order valence-corrected chi connectivity index (χ2v) is 6.84. The van der Waals surface area contributed by atoms with Crippen molar-refractivity contribution in [3.63, 3.8) is 0 Å². The second-order valence-electron chi connectivity index (χ2n) is 5.55. The van der Waals surface area contributed by atoms with Crippen molar-refractivity contribution >= 4 is 40.4 Å². The van der Waals surface area contributed by atoms with Crippen LogP contribution >= 0.6 is 35.4 Å². The van der Waals surface area contributed by atoms with E-state index >= 15 is 0 Å². The Hall–Kier alpha value is -1.23. The largest absolute Gasteiger partial charge is 0.370 e. The highest BCUT2D eigenvalue weighted by Gasteiger charge is 2.43. The summed E-state index contributed by atoms with van der Waals surface area (Å²) in [6.45, 7) is 2.04. The van der Waals surface area contributed by atoms with Gasteiger partial charge in [0, 0.05) is 18.5 Å². The van der Waals surface area contributed by atoms with Crippen LogP contribution < -0.4 is 5.32 Å². The molecule has 0 saturated carbocycles. The topological polar surface area (TPSA) is 24.9 Å². The molecule has 1 aromatic heterocycles. The van der Waals surface area contributed by atoms with Crippen LogP contribution in [0.1, 0.15) is 30.4 Å². The Labute approximate surface area is 143 Å². The SMILES string of the molecule is C[C@@]1(c2ccc(Cl)nc2)NC(=S)C[C@@H]1c1ccc(Cl)c(F)c1. The highest BCUT2D eigenvalue weighted by atomic mass is 35.5. The van der Waals surface area contributed by atoms with Crippen LogP contribution in [0.3, 0.4) is 0 Å². The molecule has 1 N–H and O–H groups in total. The Bertz CT molecular complexity index is 735. The number of hydrogen-bond donors (Lipinski definition) is 1. The Morgan fingerprint density at radius 3 is 2.73 bits per heavy atom. The number of thiocarbonyl (C=S) groups is 1. The minimum absolute atomic E-state index is 0.00487. The van der Waals surface area contributed by atoms with Crippen LogP contribution in [0, 0.1) is 5.82 Å². The van der Waals surface area contributed by atoms with Crippen LogP contribution in [0.15, 0.2) is 36.5 Å². The minimum atomic E-state index is -0.463. The van der Waals surface area contributed by atoms with Gasteiger partial charge in [0.2, 0.25) is 0 Å². The maximum atomic E-state index is 13.8. The predicted octanol–water partition coefficient (Wildman–Crippen LogP) is 4.85. The second kappa shape index (κ2) is 5.76. The first-order chi connectivity index (χ1) is 10.4. The number of nitrogens with one attached hydrogen (secondary N) is 1. The molecule has 1 aromatic carbocycles. The summed E-state index contributed by atoms with van der Waals surface area (Å²) in [7, 11) is 0. The maximum Gasteiger partial charge on any atom is 0.142 e. The minimum Gasteiger partial charge on any atom is -0.370 e. The van der Waals surface area contributed by atoms with E-state index in [-0.39, 0.29) is 10.9 Å². The van der Waals surface area contributed by atoms with Gasteiger partial charge in [0.15, 0.2) is 0 Å². The Morgan fingerprint density at radius 1 is 1.32 bits per heavy atom. The van der Waals surface area contributed by atoms with Gasteiger partial charge in [-0.15, -0.1) is 0 Å². The highest BCUT2D eigenvalue weighted by Crippen LogP contribution is 2.44. The predicted molar refractivity (Wildman–Crippen MR) is 91.1 cm³/mol. The highest BCUT2D eigenvalue weighted by molar-refractivity contribution is 7.80. The molecule has 0 bridgehead atoms. The fourth-order valence-corrected chi connectivity index (χ4v) is 3.56. The third kappa shape index (κ3) is 2.71. The van der Waals surface area contributed by atoms with Gasteiger partial charge in [-0.1, -0.05) is 47.6 Å². The van der Waals surface area contributed by atoms with Gasteiger partial charge >= 0.3 is 0 Å².